The van der Waals surface area contributed by atoms with Crippen LogP contribution in [0, 0.1) is 3.57 Å². The summed E-state index contributed by atoms with van der Waals surface area (Å²) >= 11 is 2.27. The maximum absolute atomic E-state index is 11.9. The van der Waals surface area contributed by atoms with Gasteiger partial charge in [-0.1, -0.05) is 0 Å². The largest absolute Gasteiger partial charge is 0.358 e. The molecule has 0 radical (unpaired) electrons. The third-order valence-corrected chi connectivity index (χ3v) is 4.00. The van der Waals surface area contributed by atoms with E-state index >= 15 is 0 Å². The number of halogens is 1. The average molecular weight is 328 g/mol. The highest BCUT2D eigenvalue weighted by Gasteiger charge is 2.34. The number of fused-ring (bicyclic) bond motifs is 3. The minimum absolute atomic E-state index is 0.0568. The van der Waals surface area contributed by atoms with Gasteiger partial charge in [-0.15, -0.1) is 0 Å². The Bertz CT molecular complexity index is 447. The van der Waals surface area contributed by atoms with E-state index in [4.69, 9.17) is 0 Å². The molecule has 0 spiro atoms. The summed E-state index contributed by atoms with van der Waals surface area (Å²) in [7, 11) is 0. The molecule has 3 rings (SSSR count). The summed E-state index contributed by atoms with van der Waals surface area (Å²) in [5, 5.41) is 3.01. The van der Waals surface area contributed by atoms with Gasteiger partial charge in [0.25, 0.3) is 0 Å². The van der Waals surface area contributed by atoms with Crippen molar-refractivity contribution in [3.8, 4) is 0 Å². The van der Waals surface area contributed by atoms with Crippen LogP contribution in [0.25, 0.3) is 0 Å². The number of carbonyl (C=O) groups is 1. The number of nitrogens with zero attached hydrogens (tertiary/aromatic N) is 1. The second-order valence-corrected chi connectivity index (χ2v) is 5.60. The fraction of sp³-hybridized carbons (Fsp3) is 0.417. The Morgan fingerprint density at radius 2 is 2.25 bits per heavy atom. The van der Waals surface area contributed by atoms with Gasteiger partial charge in [0.2, 0.25) is 5.91 Å². The molecule has 1 atom stereocenters. The van der Waals surface area contributed by atoms with E-state index in [0.717, 1.165) is 28.6 Å². The van der Waals surface area contributed by atoms with Crippen molar-refractivity contribution in [2.45, 2.75) is 25.3 Å². The zero-order valence-corrected chi connectivity index (χ0v) is 11.0. The Hall–Kier alpha value is -0.780. The molecule has 16 heavy (non-hydrogen) atoms. The second-order valence-electron chi connectivity index (χ2n) is 4.36. The lowest BCUT2D eigenvalue weighted by Gasteiger charge is -2.41. The maximum atomic E-state index is 11.9. The van der Waals surface area contributed by atoms with Gasteiger partial charge in [0, 0.05) is 10.1 Å². The zero-order chi connectivity index (χ0) is 11.1. The fourth-order valence-corrected chi connectivity index (χ4v) is 3.06. The van der Waals surface area contributed by atoms with Crippen LogP contribution in [0.4, 0.5) is 11.4 Å². The van der Waals surface area contributed by atoms with Gasteiger partial charge in [0.15, 0.2) is 0 Å². The van der Waals surface area contributed by atoms with Gasteiger partial charge in [0.05, 0.1) is 11.4 Å². The predicted octanol–water partition coefficient (Wildman–Crippen LogP) is 2.60. The molecule has 0 aromatic heterocycles. The van der Waals surface area contributed by atoms with Gasteiger partial charge in [0.1, 0.15) is 6.04 Å². The number of nitrogens with one attached hydrogen (secondary N) is 1. The predicted molar refractivity (Wildman–Crippen MR) is 72.8 cm³/mol. The van der Waals surface area contributed by atoms with Crippen molar-refractivity contribution in [1.82, 2.24) is 0 Å². The molecule has 1 aromatic rings. The lowest BCUT2D eigenvalue weighted by Crippen LogP contribution is -2.50. The van der Waals surface area contributed by atoms with Gasteiger partial charge >= 0.3 is 0 Å². The van der Waals surface area contributed by atoms with Gasteiger partial charge in [-0.2, -0.15) is 0 Å². The van der Waals surface area contributed by atoms with Crippen LogP contribution in [0.3, 0.4) is 0 Å². The zero-order valence-electron chi connectivity index (χ0n) is 8.87. The smallest absolute Gasteiger partial charge is 0.247 e. The quantitative estimate of drug-likeness (QED) is 0.743. The number of benzene rings is 1. The molecule has 3 nitrogen and oxygen atoms in total. The van der Waals surface area contributed by atoms with Crippen LogP contribution in [-0.4, -0.2) is 18.5 Å². The summed E-state index contributed by atoms with van der Waals surface area (Å²) < 4.78 is 1.16. The van der Waals surface area contributed by atoms with Crippen molar-refractivity contribution in [3.05, 3.63) is 21.8 Å². The van der Waals surface area contributed by atoms with Crippen LogP contribution < -0.4 is 10.2 Å². The first-order valence-corrected chi connectivity index (χ1v) is 6.70. The van der Waals surface area contributed by atoms with Crippen LogP contribution in [0.1, 0.15) is 19.3 Å². The van der Waals surface area contributed by atoms with E-state index in [9.17, 15) is 4.79 Å². The van der Waals surface area contributed by atoms with Crippen molar-refractivity contribution in [2.24, 2.45) is 0 Å². The lowest BCUT2D eigenvalue weighted by atomic mass is 9.97. The summed E-state index contributed by atoms with van der Waals surface area (Å²) in [6.07, 6.45) is 3.33. The van der Waals surface area contributed by atoms with Gasteiger partial charge in [-0.3, -0.25) is 4.79 Å². The number of rotatable bonds is 0. The van der Waals surface area contributed by atoms with Crippen LogP contribution in [0.15, 0.2) is 18.2 Å². The van der Waals surface area contributed by atoms with Crippen LogP contribution in [0.5, 0.6) is 0 Å². The van der Waals surface area contributed by atoms with Gasteiger partial charge in [-0.05, 0) is 60.1 Å². The molecule has 1 amide bonds. The standard InChI is InChI=1S/C12H13IN2O/c13-8-4-5-10-9(7-8)14-12(16)11-3-1-2-6-15(10)11/h4-5,7,11H,1-3,6H2,(H,14,16). The monoisotopic (exact) mass is 328 g/mol. The third kappa shape index (κ3) is 1.59. The molecule has 84 valence electrons. The molecule has 1 saturated heterocycles. The Labute approximate surface area is 108 Å². The van der Waals surface area contributed by atoms with E-state index < -0.39 is 0 Å². The van der Waals surface area contributed by atoms with Crippen LogP contribution in [0.2, 0.25) is 0 Å². The SMILES string of the molecule is O=C1Nc2cc(I)ccc2N2CCCCC12. The van der Waals surface area contributed by atoms with E-state index in [-0.39, 0.29) is 11.9 Å². The highest BCUT2D eigenvalue weighted by atomic mass is 127. The van der Waals surface area contributed by atoms with Crippen LogP contribution in [-0.2, 0) is 4.79 Å². The van der Waals surface area contributed by atoms with Gasteiger partial charge in [-0.25, -0.2) is 0 Å². The van der Waals surface area contributed by atoms with Crippen molar-refractivity contribution >= 4 is 39.9 Å². The molecule has 1 unspecified atom stereocenters. The molecule has 2 aliphatic heterocycles. The Kier molecular flexibility index (Phi) is 2.53. The van der Waals surface area contributed by atoms with Crippen LogP contribution >= 0.6 is 22.6 Å². The molecule has 1 N–H and O–H groups in total. The fourth-order valence-electron chi connectivity index (χ4n) is 2.57. The summed E-state index contributed by atoms with van der Waals surface area (Å²) in [6, 6.07) is 6.32. The summed E-state index contributed by atoms with van der Waals surface area (Å²) in [4.78, 5) is 14.2. The second kappa shape index (κ2) is 3.91. The van der Waals surface area contributed by atoms with E-state index in [0.29, 0.717) is 0 Å². The lowest BCUT2D eigenvalue weighted by molar-refractivity contribution is -0.118. The molecule has 1 fully saturated rings. The maximum Gasteiger partial charge on any atom is 0.247 e. The van der Waals surface area contributed by atoms with Crippen molar-refractivity contribution in [1.29, 1.82) is 0 Å². The molecular weight excluding hydrogens is 315 g/mol. The van der Waals surface area contributed by atoms with Crippen molar-refractivity contribution in [3.63, 3.8) is 0 Å². The highest BCUT2D eigenvalue weighted by molar-refractivity contribution is 14.1. The highest BCUT2D eigenvalue weighted by Crippen LogP contribution is 2.36. The molecule has 2 heterocycles. The molecule has 0 bridgehead atoms. The summed E-state index contributed by atoms with van der Waals surface area (Å²) in [6.45, 7) is 1.01. The molecule has 0 saturated carbocycles. The Balaban J connectivity index is 2.06. The number of carbonyl (C=O) groups excluding carboxylic acids is 1. The molecule has 2 aliphatic rings. The number of anilines is 2. The summed E-state index contributed by atoms with van der Waals surface area (Å²) in [5.41, 5.74) is 2.15. The van der Waals surface area contributed by atoms with Crippen molar-refractivity contribution < 1.29 is 4.79 Å². The topological polar surface area (TPSA) is 32.3 Å². The van der Waals surface area contributed by atoms with E-state index in [2.05, 4.69) is 44.9 Å². The van der Waals surface area contributed by atoms with Gasteiger partial charge < -0.3 is 10.2 Å². The number of hydrogen-bond acceptors (Lipinski definition) is 2. The molecule has 0 aliphatic carbocycles. The Morgan fingerprint density at radius 3 is 3.12 bits per heavy atom. The first-order chi connectivity index (χ1) is 7.75. The number of hydrogen-bond donors (Lipinski definition) is 1. The average Bonchev–Trinajstić information content (AvgIpc) is 2.29. The van der Waals surface area contributed by atoms with E-state index in [1.807, 2.05) is 6.07 Å². The van der Waals surface area contributed by atoms with E-state index in [1.54, 1.807) is 0 Å². The first-order valence-electron chi connectivity index (χ1n) is 5.63. The first kappa shape index (κ1) is 10.4. The molecular formula is C12H13IN2O. The molecule has 4 heteroatoms. The minimum Gasteiger partial charge on any atom is -0.358 e. The number of piperidine rings is 1. The normalized spacial score (nSPS) is 23.4. The van der Waals surface area contributed by atoms with Crippen molar-refractivity contribution in [2.75, 3.05) is 16.8 Å². The minimum atomic E-state index is 0.0568. The number of amides is 1. The van der Waals surface area contributed by atoms with E-state index in [1.165, 1.54) is 12.1 Å². The Morgan fingerprint density at radius 1 is 1.38 bits per heavy atom. The summed E-state index contributed by atoms with van der Waals surface area (Å²) in [5.74, 6) is 0.161. The third-order valence-electron chi connectivity index (χ3n) is 3.33. The molecule has 1 aromatic carbocycles.